The standard InChI is InChI=1S/C79H72N6/c1-76(2,3)53-35-29-49(30-36-53)51-33-41-71-61(45-51)62-46-52(50-31-37-54(38-32-50)77(4,5)6)34-42-72(62)85(71)75-81-73(59-23-15-19-27-67(59)83-65-25-17-13-21-57(65)63-47-55(78(7,8)9)39-43-69(63)83)80-74(82-75)60-24-16-20-28-68(60)84-66-26-18-14-22-58(66)64-48-56(79(10,11)12)40-44-70(64)84/h13-48H,1-12H3. The van der Waals surface area contributed by atoms with E-state index in [0.717, 1.165) is 77.5 Å². The summed E-state index contributed by atoms with van der Waals surface area (Å²) < 4.78 is 7.07. The summed E-state index contributed by atoms with van der Waals surface area (Å²) in [5.41, 5.74) is 20.1. The molecule has 0 aliphatic carbocycles. The minimum absolute atomic E-state index is 0.0246. The van der Waals surface area contributed by atoms with Gasteiger partial charge in [-0.05, 0) is 151 Å². The fourth-order valence-corrected chi connectivity index (χ4v) is 12.7. The highest BCUT2D eigenvalue weighted by atomic mass is 15.2. The van der Waals surface area contributed by atoms with E-state index in [1.807, 2.05) is 0 Å². The number of benzene rings is 10. The van der Waals surface area contributed by atoms with E-state index in [1.54, 1.807) is 0 Å². The van der Waals surface area contributed by atoms with Gasteiger partial charge in [-0.1, -0.05) is 217 Å². The molecule has 0 saturated carbocycles. The molecule has 10 aromatic carbocycles. The van der Waals surface area contributed by atoms with Crippen LogP contribution in [0.2, 0.25) is 0 Å². The van der Waals surface area contributed by atoms with Gasteiger partial charge < -0.3 is 9.13 Å². The summed E-state index contributed by atoms with van der Waals surface area (Å²) >= 11 is 0. The van der Waals surface area contributed by atoms with Crippen LogP contribution in [0.1, 0.15) is 105 Å². The van der Waals surface area contributed by atoms with Crippen molar-refractivity contribution in [3.63, 3.8) is 0 Å². The predicted octanol–water partition coefficient (Wildman–Crippen LogP) is 21.0. The number of fused-ring (bicyclic) bond motifs is 9. The molecular formula is C79H72N6. The molecule has 0 fully saturated rings. The third-order valence-electron chi connectivity index (χ3n) is 17.6. The fraction of sp³-hybridized carbons (Fsp3) is 0.203. The molecule has 14 aromatic rings. The Morgan fingerprint density at radius 1 is 0.247 bits per heavy atom. The minimum atomic E-state index is -0.0246. The van der Waals surface area contributed by atoms with Gasteiger partial charge in [0.05, 0.1) is 44.5 Å². The van der Waals surface area contributed by atoms with Crippen molar-refractivity contribution in [1.82, 2.24) is 28.7 Å². The summed E-state index contributed by atoms with van der Waals surface area (Å²) in [6.07, 6.45) is 0. The van der Waals surface area contributed by atoms with E-state index >= 15 is 0 Å². The number of hydrogen-bond donors (Lipinski definition) is 0. The molecule has 0 atom stereocenters. The summed E-state index contributed by atoms with van der Waals surface area (Å²) in [7, 11) is 0. The first-order valence-corrected chi connectivity index (χ1v) is 30.0. The third-order valence-corrected chi connectivity index (χ3v) is 17.6. The highest BCUT2D eigenvalue weighted by molar-refractivity contribution is 6.13. The molecule has 0 bridgehead atoms. The molecule has 0 N–H and O–H groups in total. The second kappa shape index (κ2) is 19.6. The molecule has 0 radical (unpaired) electrons. The summed E-state index contributed by atoms with van der Waals surface area (Å²) in [5, 5.41) is 7.05. The topological polar surface area (TPSA) is 53.5 Å². The van der Waals surface area contributed by atoms with Crippen LogP contribution in [0.4, 0.5) is 0 Å². The highest BCUT2D eigenvalue weighted by Crippen LogP contribution is 2.43. The largest absolute Gasteiger partial charge is 0.309 e. The first kappa shape index (κ1) is 53.6. The monoisotopic (exact) mass is 1100 g/mol. The van der Waals surface area contributed by atoms with Gasteiger partial charge in [-0.15, -0.1) is 0 Å². The van der Waals surface area contributed by atoms with Crippen molar-refractivity contribution in [3.8, 4) is 62.4 Å². The lowest BCUT2D eigenvalue weighted by atomic mass is 9.86. The van der Waals surface area contributed by atoms with Crippen LogP contribution in [-0.2, 0) is 21.7 Å². The molecule has 14 rings (SSSR count). The van der Waals surface area contributed by atoms with E-state index in [-0.39, 0.29) is 21.7 Å². The van der Waals surface area contributed by atoms with Crippen molar-refractivity contribution in [3.05, 3.63) is 241 Å². The second-order valence-electron chi connectivity index (χ2n) is 27.4. The maximum absolute atomic E-state index is 5.72. The van der Waals surface area contributed by atoms with Gasteiger partial charge in [-0.25, -0.2) is 4.98 Å². The van der Waals surface area contributed by atoms with Crippen LogP contribution in [0.5, 0.6) is 0 Å². The number of nitrogens with zero attached hydrogens (tertiary/aromatic N) is 6. The maximum atomic E-state index is 5.72. The van der Waals surface area contributed by atoms with Crippen LogP contribution in [0.25, 0.3) is 128 Å². The summed E-state index contributed by atoms with van der Waals surface area (Å²) in [6.45, 7) is 27.3. The Morgan fingerprint density at radius 2 is 0.553 bits per heavy atom. The Labute approximate surface area is 499 Å². The Kier molecular flexibility index (Phi) is 12.4. The predicted molar refractivity (Wildman–Crippen MR) is 359 cm³/mol. The average molecular weight is 1110 g/mol. The van der Waals surface area contributed by atoms with E-state index in [1.165, 1.54) is 54.9 Å². The highest BCUT2D eigenvalue weighted by Gasteiger charge is 2.26. The van der Waals surface area contributed by atoms with Crippen molar-refractivity contribution < 1.29 is 0 Å². The lowest BCUT2D eigenvalue weighted by Gasteiger charge is -2.20. The molecule has 0 aliphatic heterocycles. The molecule has 0 aliphatic rings. The van der Waals surface area contributed by atoms with Gasteiger partial charge in [-0.3, -0.25) is 4.57 Å². The van der Waals surface area contributed by atoms with Gasteiger partial charge in [0.25, 0.3) is 0 Å². The number of hydrogen-bond acceptors (Lipinski definition) is 3. The molecule has 6 nitrogen and oxygen atoms in total. The molecule has 6 heteroatoms. The van der Waals surface area contributed by atoms with E-state index in [0.29, 0.717) is 17.6 Å². The van der Waals surface area contributed by atoms with Crippen molar-refractivity contribution in [1.29, 1.82) is 0 Å². The minimum Gasteiger partial charge on any atom is -0.309 e. The second-order valence-corrected chi connectivity index (χ2v) is 27.4. The van der Waals surface area contributed by atoms with E-state index in [4.69, 9.17) is 15.0 Å². The molecule has 85 heavy (non-hydrogen) atoms. The van der Waals surface area contributed by atoms with Crippen LogP contribution >= 0.6 is 0 Å². The molecule has 4 aromatic heterocycles. The number of para-hydroxylation sites is 4. The number of aromatic nitrogens is 6. The van der Waals surface area contributed by atoms with Crippen molar-refractivity contribution in [2.45, 2.75) is 105 Å². The van der Waals surface area contributed by atoms with Crippen molar-refractivity contribution in [2.75, 3.05) is 0 Å². The van der Waals surface area contributed by atoms with Gasteiger partial charge in [0.1, 0.15) is 0 Å². The maximum Gasteiger partial charge on any atom is 0.238 e. The zero-order chi connectivity index (χ0) is 58.9. The molecule has 0 saturated heterocycles. The van der Waals surface area contributed by atoms with Gasteiger partial charge >= 0.3 is 0 Å². The normalized spacial score (nSPS) is 12.7. The summed E-state index contributed by atoms with van der Waals surface area (Å²) in [6, 6.07) is 80.6. The van der Waals surface area contributed by atoms with Crippen LogP contribution in [0, 0.1) is 0 Å². The Bertz CT molecular complexity index is 4650. The summed E-state index contributed by atoms with van der Waals surface area (Å²) in [5.74, 6) is 1.67. The van der Waals surface area contributed by atoms with Crippen LogP contribution < -0.4 is 0 Å². The zero-order valence-corrected chi connectivity index (χ0v) is 51.0. The smallest absolute Gasteiger partial charge is 0.238 e. The molecule has 418 valence electrons. The fourth-order valence-electron chi connectivity index (χ4n) is 12.7. The first-order valence-electron chi connectivity index (χ1n) is 30.0. The Morgan fingerprint density at radius 3 is 0.953 bits per heavy atom. The third kappa shape index (κ3) is 9.21. The molecule has 0 spiro atoms. The molecular weight excluding hydrogens is 1030 g/mol. The van der Waals surface area contributed by atoms with Gasteiger partial charge in [0, 0.05) is 43.4 Å². The van der Waals surface area contributed by atoms with E-state index in [2.05, 4.69) is 315 Å². The molecule has 4 heterocycles. The first-order chi connectivity index (χ1) is 40.7. The van der Waals surface area contributed by atoms with Crippen molar-refractivity contribution >= 4 is 65.4 Å². The molecule has 0 amide bonds. The lowest BCUT2D eigenvalue weighted by molar-refractivity contribution is 0.590. The van der Waals surface area contributed by atoms with Crippen LogP contribution in [-0.4, -0.2) is 28.7 Å². The summed E-state index contributed by atoms with van der Waals surface area (Å²) in [4.78, 5) is 17.1. The van der Waals surface area contributed by atoms with Crippen LogP contribution in [0.3, 0.4) is 0 Å². The van der Waals surface area contributed by atoms with Gasteiger partial charge in [0.2, 0.25) is 5.95 Å². The van der Waals surface area contributed by atoms with Crippen molar-refractivity contribution in [2.24, 2.45) is 0 Å². The average Bonchev–Trinajstić information content (AvgIpc) is 2.59. The lowest BCUT2D eigenvalue weighted by Crippen LogP contribution is -2.10. The van der Waals surface area contributed by atoms with Gasteiger partial charge in [-0.2, -0.15) is 9.97 Å². The zero-order valence-electron chi connectivity index (χ0n) is 51.0. The Hall–Kier alpha value is -9.39. The van der Waals surface area contributed by atoms with E-state index in [9.17, 15) is 0 Å². The SMILES string of the molecule is CC(C)(C)c1ccc(-c2ccc3c(c2)c2cc(-c4ccc(C(C)(C)C)cc4)ccc2n3-c2nc(-c3ccccc3-n3c4ccccc4c4cc(C(C)(C)C)ccc43)nc(-c3ccccc3-n3c4ccccc4c4cc(C(C)(C)C)ccc43)n2)cc1. The van der Waals surface area contributed by atoms with Gasteiger partial charge in [0.15, 0.2) is 11.6 Å². The Balaban J connectivity index is 1.05. The van der Waals surface area contributed by atoms with E-state index < -0.39 is 0 Å². The molecule has 0 unspecified atom stereocenters. The van der Waals surface area contributed by atoms with Crippen LogP contribution in [0.15, 0.2) is 218 Å². The quantitative estimate of drug-likeness (QED) is 0.160. The number of rotatable bonds is 7.